The molecule has 1 aliphatic rings. The maximum atomic E-state index is 11.9. The molecule has 0 radical (unpaired) electrons. The van der Waals surface area contributed by atoms with Crippen molar-refractivity contribution in [2.75, 3.05) is 11.9 Å². The highest BCUT2D eigenvalue weighted by Gasteiger charge is 2.23. The topological polar surface area (TPSA) is 71.1 Å². The Morgan fingerprint density at radius 1 is 1.07 bits per heavy atom. The van der Waals surface area contributed by atoms with E-state index in [0.717, 1.165) is 42.6 Å². The van der Waals surface area contributed by atoms with Gasteiger partial charge in [0.2, 0.25) is 10.0 Å². The fraction of sp³-hybridized carbons (Fsp3) is 0.476. The summed E-state index contributed by atoms with van der Waals surface area (Å²) < 4.78 is 26.6. The highest BCUT2D eigenvalue weighted by atomic mass is 32.2. The van der Waals surface area contributed by atoms with Crippen LogP contribution < -0.4 is 10.0 Å². The molecule has 0 atom stereocenters. The van der Waals surface area contributed by atoms with E-state index in [9.17, 15) is 8.42 Å². The summed E-state index contributed by atoms with van der Waals surface area (Å²) in [6.07, 6.45) is 6.00. The summed E-state index contributed by atoms with van der Waals surface area (Å²) in [7, 11) is -3.16. The van der Waals surface area contributed by atoms with Gasteiger partial charge in [-0.05, 0) is 69.7 Å². The highest BCUT2D eigenvalue weighted by Crippen LogP contribution is 2.28. The van der Waals surface area contributed by atoms with Crippen LogP contribution >= 0.6 is 0 Å². The molecule has 3 rings (SSSR count). The Kier molecular flexibility index (Phi) is 6.50. The van der Waals surface area contributed by atoms with Crippen molar-refractivity contribution in [1.29, 1.82) is 0 Å². The lowest BCUT2D eigenvalue weighted by molar-refractivity contribution is 0.337. The number of sulfonamides is 1. The number of nitrogens with zero attached hydrogens (tertiary/aromatic N) is 1. The van der Waals surface area contributed by atoms with Crippen molar-refractivity contribution in [2.45, 2.75) is 50.8 Å². The molecule has 0 unspecified atom stereocenters. The largest absolute Gasteiger partial charge is 0.382 e. The molecule has 1 saturated carbocycles. The predicted octanol–water partition coefficient (Wildman–Crippen LogP) is 4.05. The van der Waals surface area contributed by atoms with Crippen LogP contribution in [0.25, 0.3) is 11.3 Å². The van der Waals surface area contributed by atoms with Gasteiger partial charge in [0.15, 0.2) is 0 Å². The molecule has 1 heterocycles. The molecule has 0 amide bonds. The number of benzene rings is 1. The molecular weight excluding hydrogens is 358 g/mol. The Labute approximate surface area is 162 Å². The van der Waals surface area contributed by atoms with Crippen LogP contribution in [0.15, 0.2) is 48.7 Å². The lowest BCUT2D eigenvalue weighted by atomic mass is 9.86. The van der Waals surface area contributed by atoms with E-state index < -0.39 is 10.0 Å². The summed E-state index contributed by atoms with van der Waals surface area (Å²) in [6.45, 7) is 3.98. The summed E-state index contributed by atoms with van der Waals surface area (Å²) in [6, 6.07) is 14.7. The normalized spacial score (nSPS) is 20.6. The Balaban J connectivity index is 1.51. The maximum Gasteiger partial charge on any atom is 0.213 e. The van der Waals surface area contributed by atoms with E-state index in [-0.39, 0.29) is 5.25 Å². The first-order valence-electron chi connectivity index (χ1n) is 9.70. The second-order valence-corrected chi connectivity index (χ2v) is 9.92. The first kappa shape index (κ1) is 19.8. The molecule has 1 fully saturated rings. The lowest BCUT2D eigenvalue weighted by Crippen LogP contribution is -2.37. The number of nitrogens with one attached hydrogen (secondary N) is 2. The van der Waals surface area contributed by atoms with Crippen molar-refractivity contribution in [3.05, 3.63) is 48.7 Å². The lowest BCUT2D eigenvalue weighted by Gasteiger charge is -2.30. The van der Waals surface area contributed by atoms with Gasteiger partial charge in [-0.3, -0.25) is 4.98 Å². The van der Waals surface area contributed by atoms with Crippen molar-refractivity contribution < 1.29 is 8.42 Å². The molecule has 146 valence electrons. The second-order valence-electron chi connectivity index (χ2n) is 7.60. The molecule has 0 saturated heterocycles. The summed E-state index contributed by atoms with van der Waals surface area (Å²) in [5.41, 5.74) is 3.20. The second kappa shape index (κ2) is 8.85. The van der Waals surface area contributed by atoms with Gasteiger partial charge in [0.1, 0.15) is 0 Å². The Morgan fingerprint density at radius 3 is 2.52 bits per heavy atom. The average molecular weight is 388 g/mol. The van der Waals surface area contributed by atoms with Crippen molar-refractivity contribution in [2.24, 2.45) is 5.92 Å². The average Bonchev–Trinajstić information content (AvgIpc) is 2.68. The summed E-state index contributed by atoms with van der Waals surface area (Å²) >= 11 is 0. The fourth-order valence-electron chi connectivity index (χ4n) is 3.45. The van der Waals surface area contributed by atoms with E-state index in [2.05, 4.69) is 39.3 Å². The Morgan fingerprint density at radius 2 is 1.85 bits per heavy atom. The van der Waals surface area contributed by atoms with Crippen LogP contribution in [0, 0.1) is 5.92 Å². The molecule has 2 N–H and O–H groups in total. The fourth-order valence-corrected chi connectivity index (χ4v) is 4.25. The number of hydrogen-bond acceptors (Lipinski definition) is 4. The maximum absolute atomic E-state index is 11.9. The summed E-state index contributed by atoms with van der Waals surface area (Å²) in [5.74, 6) is 0.427. The first-order chi connectivity index (χ1) is 12.9. The number of aromatic nitrogens is 1. The minimum atomic E-state index is -3.16. The van der Waals surface area contributed by atoms with Crippen LogP contribution in [-0.4, -0.2) is 31.2 Å². The third kappa shape index (κ3) is 5.53. The van der Waals surface area contributed by atoms with Gasteiger partial charge < -0.3 is 5.32 Å². The summed E-state index contributed by atoms with van der Waals surface area (Å²) in [5, 5.41) is 3.26. The van der Waals surface area contributed by atoms with Gasteiger partial charge in [0.25, 0.3) is 0 Å². The van der Waals surface area contributed by atoms with Gasteiger partial charge in [0, 0.05) is 30.0 Å². The predicted molar refractivity (Wildman–Crippen MR) is 111 cm³/mol. The number of pyridine rings is 1. The van der Waals surface area contributed by atoms with Gasteiger partial charge in [0.05, 0.1) is 10.9 Å². The van der Waals surface area contributed by atoms with Crippen molar-refractivity contribution in [3.8, 4) is 11.3 Å². The standard InChI is InChI=1S/C21H29N3O2S/c1-16(2)27(25,26)23-15-17-9-11-19(12-10-17)24-20-7-5-6-18(14-20)21-8-3-4-13-22-21/h3-8,13-14,16-17,19,23-24H,9-12,15H2,1-2H3/t17-,19-. The molecule has 27 heavy (non-hydrogen) atoms. The van der Waals surface area contributed by atoms with Crippen molar-refractivity contribution in [3.63, 3.8) is 0 Å². The van der Waals surface area contributed by atoms with Crippen molar-refractivity contribution in [1.82, 2.24) is 9.71 Å². The minimum Gasteiger partial charge on any atom is -0.382 e. The molecule has 5 nitrogen and oxygen atoms in total. The van der Waals surface area contributed by atoms with Crippen LogP contribution in [0.2, 0.25) is 0 Å². The Hall–Kier alpha value is -1.92. The molecule has 1 aromatic carbocycles. The van der Waals surface area contributed by atoms with Crippen LogP contribution in [-0.2, 0) is 10.0 Å². The molecule has 6 heteroatoms. The third-order valence-corrected chi connectivity index (χ3v) is 7.04. The van der Waals surface area contributed by atoms with Crippen LogP contribution in [0.5, 0.6) is 0 Å². The van der Waals surface area contributed by atoms with Crippen LogP contribution in [0.1, 0.15) is 39.5 Å². The van der Waals surface area contributed by atoms with Crippen molar-refractivity contribution >= 4 is 15.7 Å². The zero-order valence-electron chi connectivity index (χ0n) is 16.1. The van der Waals surface area contributed by atoms with E-state index in [0.29, 0.717) is 18.5 Å². The van der Waals surface area contributed by atoms with Gasteiger partial charge in [-0.2, -0.15) is 0 Å². The molecular formula is C21H29N3O2S. The van der Waals surface area contributed by atoms with E-state index in [1.54, 1.807) is 13.8 Å². The van der Waals surface area contributed by atoms with Gasteiger partial charge >= 0.3 is 0 Å². The number of hydrogen-bond donors (Lipinski definition) is 2. The van der Waals surface area contributed by atoms with Crippen LogP contribution in [0.3, 0.4) is 0 Å². The molecule has 0 spiro atoms. The molecule has 0 aliphatic heterocycles. The van der Waals surface area contributed by atoms with E-state index in [1.165, 1.54) is 0 Å². The zero-order chi connectivity index (χ0) is 19.3. The molecule has 0 bridgehead atoms. The molecule has 1 aliphatic carbocycles. The monoisotopic (exact) mass is 387 g/mol. The first-order valence-corrected chi connectivity index (χ1v) is 11.2. The Bertz CT molecular complexity index is 830. The van der Waals surface area contributed by atoms with E-state index in [4.69, 9.17) is 0 Å². The highest BCUT2D eigenvalue weighted by molar-refractivity contribution is 7.90. The van der Waals surface area contributed by atoms with Gasteiger partial charge in [-0.15, -0.1) is 0 Å². The third-order valence-electron chi connectivity index (χ3n) is 5.23. The molecule has 1 aromatic heterocycles. The molecule has 2 aromatic rings. The smallest absolute Gasteiger partial charge is 0.213 e. The zero-order valence-corrected chi connectivity index (χ0v) is 16.9. The van der Waals surface area contributed by atoms with Gasteiger partial charge in [-0.1, -0.05) is 18.2 Å². The summed E-state index contributed by atoms with van der Waals surface area (Å²) in [4.78, 5) is 4.42. The van der Waals surface area contributed by atoms with Crippen LogP contribution in [0.4, 0.5) is 5.69 Å². The number of rotatable bonds is 7. The minimum absolute atomic E-state index is 0.373. The SMILES string of the molecule is CC(C)S(=O)(=O)NC[C@H]1CC[C@H](Nc2cccc(-c3ccccn3)c2)CC1. The number of anilines is 1. The quantitative estimate of drug-likeness (QED) is 0.752. The van der Waals surface area contributed by atoms with E-state index >= 15 is 0 Å². The van der Waals surface area contributed by atoms with E-state index in [1.807, 2.05) is 24.4 Å². The van der Waals surface area contributed by atoms with Gasteiger partial charge in [-0.25, -0.2) is 13.1 Å².